The summed E-state index contributed by atoms with van der Waals surface area (Å²) in [5.41, 5.74) is 13.0. The number of rotatable bonds is 6. The fraction of sp³-hybridized carbons (Fsp3) is 0. The predicted octanol–water partition coefficient (Wildman–Crippen LogP) is 15.9. The molecule has 0 saturated heterocycles. The molecule has 3 nitrogen and oxygen atoms in total. The monoisotopic (exact) mass is 758 g/mol. The van der Waals surface area contributed by atoms with Crippen molar-refractivity contribution in [3.63, 3.8) is 0 Å². The van der Waals surface area contributed by atoms with Gasteiger partial charge in [-0.1, -0.05) is 127 Å². The number of thiophene rings is 1. The molecule has 0 aliphatic rings. The van der Waals surface area contributed by atoms with Gasteiger partial charge in [-0.15, -0.1) is 11.3 Å². The van der Waals surface area contributed by atoms with Crippen molar-refractivity contribution in [1.29, 1.82) is 0 Å². The molecule has 4 heteroatoms. The third-order valence-corrected chi connectivity index (χ3v) is 12.7. The summed E-state index contributed by atoms with van der Waals surface area (Å²) in [7, 11) is 0. The Hall–Kier alpha value is -7.40. The molecule has 0 amide bonds. The van der Waals surface area contributed by atoms with Gasteiger partial charge in [0.25, 0.3) is 0 Å². The van der Waals surface area contributed by atoms with E-state index in [1.165, 1.54) is 53.2 Å². The Kier molecular flexibility index (Phi) is 7.40. The van der Waals surface area contributed by atoms with Crippen LogP contribution in [0, 0.1) is 0 Å². The molecule has 9 aromatic carbocycles. The van der Waals surface area contributed by atoms with Crippen molar-refractivity contribution in [1.82, 2.24) is 4.57 Å². The topological polar surface area (TPSA) is 21.3 Å². The van der Waals surface area contributed by atoms with Crippen molar-refractivity contribution in [3.8, 4) is 27.9 Å². The zero-order valence-corrected chi connectivity index (χ0v) is 32.2. The van der Waals surface area contributed by atoms with E-state index in [9.17, 15) is 0 Å². The molecule has 3 aromatic heterocycles. The van der Waals surface area contributed by atoms with E-state index in [2.05, 4.69) is 204 Å². The van der Waals surface area contributed by atoms with Crippen LogP contribution in [0.15, 0.2) is 211 Å². The molecule has 0 bridgehead atoms. The van der Waals surface area contributed by atoms with Gasteiger partial charge in [0.05, 0.1) is 16.7 Å². The van der Waals surface area contributed by atoms with Crippen LogP contribution in [-0.4, -0.2) is 4.57 Å². The number of aromatic nitrogens is 1. The zero-order chi connectivity index (χ0) is 38.2. The number of fused-ring (bicyclic) bond motifs is 9. The highest BCUT2D eigenvalue weighted by Gasteiger charge is 2.23. The number of hydrogen-bond donors (Lipinski definition) is 0. The van der Waals surface area contributed by atoms with Crippen molar-refractivity contribution in [2.75, 3.05) is 4.90 Å². The summed E-state index contributed by atoms with van der Waals surface area (Å²) >= 11 is 1.86. The van der Waals surface area contributed by atoms with E-state index in [0.29, 0.717) is 0 Å². The number of furan rings is 1. The van der Waals surface area contributed by atoms with Crippen LogP contribution < -0.4 is 4.90 Å². The zero-order valence-electron chi connectivity index (χ0n) is 31.3. The average Bonchev–Trinajstić information content (AvgIpc) is 3.96. The fourth-order valence-corrected chi connectivity index (χ4v) is 10.0. The lowest BCUT2D eigenvalue weighted by Crippen LogP contribution is -2.11. The lowest BCUT2D eigenvalue weighted by Gasteiger charge is -2.28. The van der Waals surface area contributed by atoms with Gasteiger partial charge in [0.1, 0.15) is 11.2 Å². The quantitative estimate of drug-likeness (QED) is 0.168. The maximum atomic E-state index is 6.54. The largest absolute Gasteiger partial charge is 0.456 e. The van der Waals surface area contributed by atoms with Crippen molar-refractivity contribution in [2.45, 2.75) is 0 Å². The van der Waals surface area contributed by atoms with Crippen molar-refractivity contribution in [3.05, 3.63) is 206 Å². The van der Waals surface area contributed by atoms with Crippen molar-refractivity contribution >= 4 is 92.3 Å². The van der Waals surface area contributed by atoms with Crippen LogP contribution in [0.4, 0.5) is 17.1 Å². The van der Waals surface area contributed by atoms with E-state index in [1.54, 1.807) is 0 Å². The number of para-hydroxylation sites is 3. The van der Waals surface area contributed by atoms with Gasteiger partial charge in [0.2, 0.25) is 0 Å². The molecule has 0 aliphatic heterocycles. The first kappa shape index (κ1) is 32.8. The molecule has 12 rings (SSSR count). The van der Waals surface area contributed by atoms with Crippen LogP contribution in [0.25, 0.3) is 91.9 Å². The van der Waals surface area contributed by atoms with Crippen LogP contribution in [-0.2, 0) is 0 Å². The number of anilines is 3. The van der Waals surface area contributed by atoms with Crippen LogP contribution >= 0.6 is 11.3 Å². The third-order valence-electron chi connectivity index (χ3n) is 11.6. The third kappa shape index (κ3) is 5.19. The van der Waals surface area contributed by atoms with Gasteiger partial charge in [0, 0.05) is 70.4 Å². The molecule has 0 aliphatic carbocycles. The molecule has 0 spiro atoms. The molecular weight excluding hydrogens is 725 g/mol. The number of hydrogen-bond acceptors (Lipinski definition) is 3. The van der Waals surface area contributed by atoms with Crippen molar-refractivity contribution < 1.29 is 4.42 Å². The van der Waals surface area contributed by atoms with E-state index >= 15 is 0 Å². The molecule has 0 unspecified atom stereocenters. The Morgan fingerprint density at radius 2 is 1.00 bits per heavy atom. The summed E-state index contributed by atoms with van der Waals surface area (Å²) in [5.74, 6) is 0. The van der Waals surface area contributed by atoms with Crippen molar-refractivity contribution in [2.24, 2.45) is 0 Å². The molecule has 3 heterocycles. The van der Waals surface area contributed by atoms with Gasteiger partial charge >= 0.3 is 0 Å². The Morgan fingerprint density at radius 1 is 0.379 bits per heavy atom. The van der Waals surface area contributed by atoms with E-state index in [-0.39, 0.29) is 0 Å². The van der Waals surface area contributed by atoms with Gasteiger partial charge in [0.15, 0.2) is 0 Å². The van der Waals surface area contributed by atoms with Crippen LogP contribution in [0.3, 0.4) is 0 Å². The van der Waals surface area contributed by atoms with E-state index < -0.39 is 0 Å². The van der Waals surface area contributed by atoms with Gasteiger partial charge in [-0.3, -0.25) is 0 Å². The molecule has 0 N–H and O–H groups in total. The highest BCUT2D eigenvalue weighted by molar-refractivity contribution is 7.25. The Morgan fingerprint density at radius 3 is 1.84 bits per heavy atom. The molecule has 0 atom stereocenters. The Balaban J connectivity index is 1.17. The highest BCUT2D eigenvalue weighted by atomic mass is 32.1. The second kappa shape index (κ2) is 13.1. The number of nitrogens with zero attached hydrogens (tertiary/aromatic N) is 2. The molecule has 12 aromatic rings. The smallest absolute Gasteiger partial charge is 0.137 e. The summed E-state index contributed by atoms with van der Waals surface area (Å²) < 4.78 is 11.5. The van der Waals surface area contributed by atoms with Gasteiger partial charge in [-0.25, -0.2) is 0 Å². The summed E-state index contributed by atoms with van der Waals surface area (Å²) in [6.07, 6.45) is 0. The van der Waals surface area contributed by atoms with Gasteiger partial charge in [-0.05, 0) is 89.5 Å². The second-order valence-corrected chi connectivity index (χ2v) is 16.0. The number of benzene rings is 9. The summed E-state index contributed by atoms with van der Waals surface area (Å²) in [6, 6.07) is 74.6. The average molecular weight is 759 g/mol. The minimum Gasteiger partial charge on any atom is -0.456 e. The molecule has 0 radical (unpaired) electrons. The first-order valence-electron chi connectivity index (χ1n) is 19.7. The summed E-state index contributed by atoms with van der Waals surface area (Å²) in [5, 5.41) is 7.25. The summed E-state index contributed by atoms with van der Waals surface area (Å²) in [4.78, 5) is 2.41. The first-order valence-corrected chi connectivity index (χ1v) is 20.5. The Bertz CT molecular complexity index is 3500. The lowest BCUT2D eigenvalue weighted by molar-refractivity contribution is 0.669. The summed E-state index contributed by atoms with van der Waals surface area (Å²) in [6.45, 7) is 0. The molecule has 58 heavy (non-hydrogen) atoms. The Labute approximate surface area is 338 Å². The SMILES string of the molecule is c1ccc(-c2ccc(N(c3ccc4c(c3)oc3ccccc34)c3cc4c(cc3-c3ccc5c(c3)sc3ccccc35)c3ccccc3n4-c3ccccc3)cc2)cc1. The molecular formula is C54H34N2OS. The fourth-order valence-electron chi connectivity index (χ4n) is 8.88. The molecule has 0 fully saturated rings. The van der Waals surface area contributed by atoms with Gasteiger partial charge in [-0.2, -0.15) is 0 Å². The lowest BCUT2D eigenvalue weighted by atomic mass is 9.97. The van der Waals surface area contributed by atoms with Crippen LogP contribution in [0.5, 0.6) is 0 Å². The normalized spacial score (nSPS) is 11.8. The van der Waals surface area contributed by atoms with E-state index in [1.807, 2.05) is 23.5 Å². The van der Waals surface area contributed by atoms with Gasteiger partial charge < -0.3 is 13.9 Å². The van der Waals surface area contributed by atoms with E-state index in [4.69, 9.17) is 4.42 Å². The highest BCUT2D eigenvalue weighted by Crippen LogP contribution is 2.48. The van der Waals surface area contributed by atoms with E-state index in [0.717, 1.165) is 55.8 Å². The second-order valence-electron chi connectivity index (χ2n) is 14.9. The first-order chi connectivity index (χ1) is 28.7. The minimum atomic E-state index is 0.859. The van der Waals surface area contributed by atoms with Crippen LogP contribution in [0.2, 0.25) is 0 Å². The maximum Gasteiger partial charge on any atom is 0.137 e. The maximum absolute atomic E-state index is 6.54. The molecule has 0 saturated carbocycles. The standard InChI is InChI=1S/C54H34N2OS/c1-3-13-35(14-4-1)36-23-26-39(27-24-36)55(40-28-30-43-42-18-8-11-21-51(42)57-52(43)32-40)49-34-50-47(41-17-7-10-20-48(41)56(50)38-15-5-2-6-16-38)33-46(49)37-25-29-45-44-19-9-12-22-53(44)58-54(45)31-37/h1-34H. The van der Waals surface area contributed by atoms with Crippen LogP contribution in [0.1, 0.15) is 0 Å². The molecule has 272 valence electrons. The minimum absolute atomic E-state index is 0.859. The predicted molar refractivity (Wildman–Crippen MR) is 247 cm³/mol.